The van der Waals surface area contributed by atoms with Crippen molar-refractivity contribution in [3.05, 3.63) is 36.4 Å². The van der Waals surface area contributed by atoms with Gasteiger partial charge in [-0.2, -0.15) is 0 Å². The summed E-state index contributed by atoms with van der Waals surface area (Å²) in [5, 5.41) is 0. The van der Waals surface area contributed by atoms with Gasteiger partial charge in [0.1, 0.15) is 18.1 Å². The van der Waals surface area contributed by atoms with E-state index in [1.165, 1.54) is 6.08 Å². The van der Waals surface area contributed by atoms with E-state index in [-0.39, 0.29) is 5.91 Å². The third-order valence-corrected chi connectivity index (χ3v) is 2.74. The number of benzene rings is 1. The second kappa shape index (κ2) is 4.91. The van der Waals surface area contributed by atoms with Gasteiger partial charge in [-0.1, -0.05) is 6.58 Å². The van der Waals surface area contributed by atoms with Crippen LogP contribution in [-0.4, -0.2) is 31.1 Å². The van der Waals surface area contributed by atoms with Gasteiger partial charge < -0.3 is 14.4 Å². The van der Waals surface area contributed by atoms with Gasteiger partial charge in [0, 0.05) is 18.2 Å². The number of amides is 1. The van der Waals surface area contributed by atoms with E-state index >= 15 is 0 Å². The third kappa shape index (κ3) is 2.41. The lowest BCUT2D eigenvalue weighted by Gasteiger charge is -2.17. The lowest BCUT2D eigenvalue weighted by atomic mass is 10.2. The van der Waals surface area contributed by atoms with Gasteiger partial charge in [-0.05, 0) is 18.2 Å². The van der Waals surface area contributed by atoms with Crippen molar-refractivity contribution in [2.24, 2.45) is 0 Å². The average molecular weight is 233 g/mol. The van der Waals surface area contributed by atoms with Crippen molar-refractivity contribution in [1.82, 2.24) is 4.90 Å². The lowest BCUT2D eigenvalue weighted by molar-refractivity contribution is -0.126. The van der Waals surface area contributed by atoms with Crippen molar-refractivity contribution in [2.45, 2.75) is 6.54 Å². The fraction of sp³-hybridized carbons (Fsp3) is 0.308. The van der Waals surface area contributed by atoms with E-state index in [1.54, 1.807) is 12.0 Å². The van der Waals surface area contributed by atoms with E-state index in [0.717, 1.165) is 17.1 Å². The van der Waals surface area contributed by atoms with Crippen LogP contribution in [0.3, 0.4) is 0 Å². The summed E-state index contributed by atoms with van der Waals surface area (Å²) in [4.78, 5) is 13.3. The summed E-state index contributed by atoms with van der Waals surface area (Å²) in [6.45, 7) is 5.10. The van der Waals surface area contributed by atoms with Crippen LogP contribution in [0.15, 0.2) is 30.9 Å². The van der Waals surface area contributed by atoms with Crippen LogP contribution in [0.5, 0.6) is 11.5 Å². The molecule has 1 amide bonds. The van der Waals surface area contributed by atoms with Gasteiger partial charge in [0.15, 0.2) is 0 Å². The highest BCUT2D eigenvalue weighted by Gasteiger charge is 2.18. The first-order chi connectivity index (χ1) is 8.24. The van der Waals surface area contributed by atoms with Crippen LogP contribution in [-0.2, 0) is 11.3 Å². The molecule has 90 valence electrons. The molecule has 17 heavy (non-hydrogen) atoms. The highest BCUT2D eigenvalue weighted by Crippen LogP contribution is 2.27. The monoisotopic (exact) mass is 233 g/mol. The van der Waals surface area contributed by atoms with E-state index in [4.69, 9.17) is 9.47 Å². The van der Waals surface area contributed by atoms with E-state index in [2.05, 4.69) is 6.58 Å². The van der Waals surface area contributed by atoms with Gasteiger partial charge >= 0.3 is 0 Å². The molecule has 1 aromatic rings. The highest BCUT2D eigenvalue weighted by molar-refractivity contribution is 5.87. The topological polar surface area (TPSA) is 38.8 Å². The van der Waals surface area contributed by atoms with Crippen LogP contribution >= 0.6 is 0 Å². The number of nitrogens with zero attached hydrogens (tertiary/aromatic N) is 1. The van der Waals surface area contributed by atoms with Crippen LogP contribution in [0.4, 0.5) is 0 Å². The van der Waals surface area contributed by atoms with Crippen molar-refractivity contribution in [3.63, 3.8) is 0 Å². The fourth-order valence-corrected chi connectivity index (χ4v) is 1.79. The number of fused-ring (bicyclic) bond motifs is 1. The largest absolute Gasteiger partial charge is 0.497 e. The molecule has 0 bridgehead atoms. The standard InChI is InChI=1S/C13H15NO3/c1-3-13(15)14-6-7-17-12-8-11(16-2)5-4-10(12)9-14/h3-5,8H,1,6-7,9H2,2H3. The predicted molar refractivity (Wildman–Crippen MR) is 64.1 cm³/mol. The van der Waals surface area contributed by atoms with Gasteiger partial charge in [0.05, 0.1) is 13.7 Å². The molecular weight excluding hydrogens is 218 g/mol. The zero-order chi connectivity index (χ0) is 12.3. The van der Waals surface area contributed by atoms with E-state index in [0.29, 0.717) is 19.7 Å². The van der Waals surface area contributed by atoms with Crippen molar-refractivity contribution in [3.8, 4) is 11.5 Å². The van der Waals surface area contributed by atoms with Crippen LogP contribution in [0.2, 0.25) is 0 Å². The fourth-order valence-electron chi connectivity index (χ4n) is 1.79. The number of ether oxygens (including phenoxy) is 2. The second-order valence-corrected chi connectivity index (χ2v) is 3.79. The van der Waals surface area contributed by atoms with Gasteiger partial charge in [0.25, 0.3) is 0 Å². The number of methoxy groups -OCH3 is 1. The first-order valence-corrected chi connectivity index (χ1v) is 5.45. The first kappa shape index (κ1) is 11.5. The maximum Gasteiger partial charge on any atom is 0.246 e. The quantitative estimate of drug-likeness (QED) is 0.728. The summed E-state index contributed by atoms with van der Waals surface area (Å²) in [5.41, 5.74) is 0.985. The Morgan fingerprint density at radius 2 is 2.41 bits per heavy atom. The first-order valence-electron chi connectivity index (χ1n) is 5.45. The Morgan fingerprint density at radius 1 is 1.59 bits per heavy atom. The maximum atomic E-state index is 11.6. The molecule has 0 saturated heterocycles. The van der Waals surface area contributed by atoms with E-state index in [1.807, 2.05) is 18.2 Å². The Hall–Kier alpha value is -1.97. The van der Waals surface area contributed by atoms with Gasteiger partial charge in [0.2, 0.25) is 5.91 Å². The molecule has 0 aromatic heterocycles. The summed E-state index contributed by atoms with van der Waals surface area (Å²) in [5.74, 6) is 1.47. The average Bonchev–Trinajstić information content (AvgIpc) is 2.58. The summed E-state index contributed by atoms with van der Waals surface area (Å²) in [6, 6.07) is 5.63. The normalized spacial score (nSPS) is 14.3. The summed E-state index contributed by atoms with van der Waals surface area (Å²) >= 11 is 0. The lowest BCUT2D eigenvalue weighted by Crippen LogP contribution is -2.30. The molecule has 0 unspecified atom stereocenters. The van der Waals surface area contributed by atoms with Gasteiger partial charge in [-0.15, -0.1) is 0 Å². The van der Waals surface area contributed by atoms with Crippen LogP contribution in [0, 0.1) is 0 Å². The Kier molecular flexibility index (Phi) is 3.32. The number of carbonyl (C=O) groups excluding carboxylic acids is 1. The summed E-state index contributed by atoms with van der Waals surface area (Å²) < 4.78 is 10.7. The smallest absolute Gasteiger partial charge is 0.246 e. The molecule has 0 N–H and O–H groups in total. The zero-order valence-corrected chi connectivity index (χ0v) is 9.81. The molecule has 1 aliphatic heterocycles. The summed E-state index contributed by atoms with van der Waals surface area (Å²) in [7, 11) is 1.62. The number of carbonyl (C=O) groups is 1. The van der Waals surface area contributed by atoms with E-state index in [9.17, 15) is 4.79 Å². The SMILES string of the molecule is C=CC(=O)N1CCOc2cc(OC)ccc2C1. The van der Waals surface area contributed by atoms with Crippen molar-refractivity contribution in [2.75, 3.05) is 20.3 Å². The van der Waals surface area contributed by atoms with Crippen LogP contribution < -0.4 is 9.47 Å². The Balaban J connectivity index is 2.26. The molecule has 0 radical (unpaired) electrons. The number of hydrogen-bond acceptors (Lipinski definition) is 3. The minimum atomic E-state index is -0.0720. The third-order valence-electron chi connectivity index (χ3n) is 2.74. The molecule has 0 atom stereocenters. The Bertz CT molecular complexity index is 442. The molecule has 1 aliphatic rings. The molecule has 0 saturated carbocycles. The molecule has 1 aromatic carbocycles. The van der Waals surface area contributed by atoms with E-state index < -0.39 is 0 Å². The summed E-state index contributed by atoms with van der Waals surface area (Å²) in [6.07, 6.45) is 1.33. The van der Waals surface area contributed by atoms with Crippen LogP contribution in [0.1, 0.15) is 5.56 Å². The molecule has 0 spiro atoms. The number of hydrogen-bond donors (Lipinski definition) is 0. The molecule has 0 fully saturated rings. The van der Waals surface area contributed by atoms with Crippen LogP contribution in [0.25, 0.3) is 0 Å². The molecule has 2 rings (SSSR count). The Labute approximate surface area is 100 Å². The van der Waals surface area contributed by atoms with Gasteiger partial charge in [-0.25, -0.2) is 0 Å². The van der Waals surface area contributed by atoms with Gasteiger partial charge in [-0.3, -0.25) is 4.79 Å². The predicted octanol–water partition coefficient (Wildman–Crippen LogP) is 1.60. The molecule has 1 heterocycles. The van der Waals surface area contributed by atoms with Crippen molar-refractivity contribution in [1.29, 1.82) is 0 Å². The highest BCUT2D eigenvalue weighted by atomic mass is 16.5. The maximum absolute atomic E-state index is 11.6. The molecule has 0 aliphatic carbocycles. The molecule has 4 nitrogen and oxygen atoms in total. The Morgan fingerprint density at radius 3 is 3.12 bits per heavy atom. The molecular formula is C13H15NO3. The van der Waals surface area contributed by atoms with Crippen molar-refractivity contribution >= 4 is 5.91 Å². The zero-order valence-electron chi connectivity index (χ0n) is 9.81. The number of rotatable bonds is 2. The van der Waals surface area contributed by atoms with Crippen molar-refractivity contribution < 1.29 is 14.3 Å². The molecule has 4 heteroatoms. The second-order valence-electron chi connectivity index (χ2n) is 3.79. The minimum Gasteiger partial charge on any atom is -0.497 e. The minimum absolute atomic E-state index is 0.0720.